The Balaban J connectivity index is 1.33. The molecule has 5 aliphatic carbocycles. The standard InChI is InChI=1S/C22H27N5O/c23-20-19-21(27(12-24-19)11-13-2-1-3-13)26-18(25-20)5-4-17-16-7-14-6-15(8-16)10-22(17,28)9-14/h12-17,28H,1-3,6-11H2,(H2,23,25,26). The molecule has 6 nitrogen and oxygen atoms in total. The van der Waals surface area contributed by atoms with Crippen molar-refractivity contribution in [1.82, 2.24) is 19.5 Å². The number of aliphatic hydroxyl groups is 1. The van der Waals surface area contributed by atoms with Gasteiger partial charge in [-0.25, -0.2) is 15.0 Å². The normalized spacial score (nSPS) is 36.3. The number of anilines is 1. The van der Waals surface area contributed by atoms with Crippen molar-refractivity contribution in [2.45, 2.75) is 63.5 Å². The van der Waals surface area contributed by atoms with Crippen molar-refractivity contribution in [1.29, 1.82) is 0 Å². The second kappa shape index (κ2) is 5.93. The van der Waals surface area contributed by atoms with Gasteiger partial charge in [-0.05, 0) is 74.5 Å². The van der Waals surface area contributed by atoms with Gasteiger partial charge in [0.2, 0.25) is 5.82 Å². The number of fused-ring (bicyclic) bond motifs is 1. The Kier molecular flexibility index (Phi) is 3.56. The Morgan fingerprint density at radius 3 is 2.64 bits per heavy atom. The van der Waals surface area contributed by atoms with Gasteiger partial charge in [-0.3, -0.25) is 0 Å². The highest BCUT2D eigenvalue weighted by molar-refractivity contribution is 5.81. The zero-order valence-corrected chi connectivity index (χ0v) is 16.1. The van der Waals surface area contributed by atoms with E-state index in [1.54, 1.807) is 0 Å². The first-order valence-corrected chi connectivity index (χ1v) is 10.8. The van der Waals surface area contributed by atoms with E-state index in [1.165, 1.54) is 38.5 Å². The molecule has 0 radical (unpaired) electrons. The van der Waals surface area contributed by atoms with Gasteiger partial charge < -0.3 is 15.4 Å². The number of hydrogen-bond acceptors (Lipinski definition) is 5. The van der Waals surface area contributed by atoms with Crippen LogP contribution in [0.4, 0.5) is 5.82 Å². The smallest absolute Gasteiger partial charge is 0.208 e. The highest BCUT2D eigenvalue weighted by Gasteiger charge is 2.55. The van der Waals surface area contributed by atoms with Gasteiger partial charge in [0.15, 0.2) is 11.5 Å². The van der Waals surface area contributed by atoms with Gasteiger partial charge in [0.25, 0.3) is 0 Å². The van der Waals surface area contributed by atoms with Gasteiger partial charge in [-0.15, -0.1) is 0 Å². The summed E-state index contributed by atoms with van der Waals surface area (Å²) in [5.74, 6) is 10.1. The van der Waals surface area contributed by atoms with Crippen LogP contribution in [0.2, 0.25) is 0 Å². The fraction of sp³-hybridized carbons (Fsp3) is 0.682. The van der Waals surface area contributed by atoms with E-state index < -0.39 is 5.60 Å². The van der Waals surface area contributed by atoms with Crippen molar-refractivity contribution in [3.8, 4) is 11.8 Å². The van der Waals surface area contributed by atoms with Crippen LogP contribution in [0.5, 0.6) is 0 Å². The molecule has 28 heavy (non-hydrogen) atoms. The molecule has 0 aliphatic heterocycles. The van der Waals surface area contributed by atoms with E-state index in [2.05, 4.69) is 31.4 Å². The van der Waals surface area contributed by atoms with Crippen LogP contribution in [0, 0.1) is 41.4 Å². The summed E-state index contributed by atoms with van der Waals surface area (Å²) in [7, 11) is 0. The van der Waals surface area contributed by atoms with Crippen molar-refractivity contribution >= 4 is 17.0 Å². The molecule has 0 amide bonds. The lowest BCUT2D eigenvalue weighted by Gasteiger charge is -2.57. The predicted molar refractivity (Wildman–Crippen MR) is 106 cm³/mol. The molecule has 0 aromatic carbocycles. The molecule has 2 aromatic heterocycles. The Bertz CT molecular complexity index is 984. The molecule has 146 valence electrons. The molecule has 2 heterocycles. The van der Waals surface area contributed by atoms with Crippen LogP contribution in [0.3, 0.4) is 0 Å². The topological polar surface area (TPSA) is 89.8 Å². The minimum Gasteiger partial charge on any atom is -0.389 e. The lowest BCUT2D eigenvalue weighted by Crippen LogP contribution is -2.56. The summed E-state index contributed by atoms with van der Waals surface area (Å²) in [6.45, 7) is 0.938. The number of imidazole rings is 1. The van der Waals surface area contributed by atoms with E-state index in [0.717, 1.165) is 25.0 Å². The zero-order valence-electron chi connectivity index (χ0n) is 16.1. The average Bonchev–Trinajstić information content (AvgIpc) is 3.00. The maximum atomic E-state index is 11.2. The van der Waals surface area contributed by atoms with Crippen molar-refractivity contribution in [3.63, 3.8) is 0 Å². The van der Waals surface area contributed by atoms with E-state index in [-0.39, 0.29) is 5.92 Å². The van der Waals surface area contributed by atoms with E-state index in [0.29, 0.717) is 40.8 Å². The Labute approximate surface area is 165 Å². The molecule has 5 fully saturated rings. The second-order valence-corrected chi connectivity index (χ2v) is 9.76. The number of nitrogens with zero attached hydrogens (tertiary/aromatic N) is 4. The minimum atomic E-state index is -0.608. The fourth-order valence-electron chi connectivity index (χ4n) is 6.50. The van der Waals surface area contributed by atoms with Gasteiger partial charge >= 0.3 is 0 Å². The monoisotopic (exact) mass is 377 g/mol. The van der Waals surface area contributed by atoms with Crippen LogP contribution in [0.25, 0.3) is 11.2 Å². The zero-order chi connectivity index (χ0) is 18.9. The first-order chi connectivity index (χ1) is 13.6. The Morgan fingerprint density at radius 1 is 1.18 bits per heavy atom. The summed E-state index contributed by atoms with van der Waals surface area (Å²) >= 11 is 0. The highest BCUT2D eigenvalue weighted by Crippen LogP contribution is 2.58. The molecule has 5 saturated carbocycles. The minimum absolute atomic E-state index is 0.0423. The lowest BCUT2D eigenvalue weighted by molar-refractivity contribution is -0.152. The van der Waals surface area contributed by atoms with Crippen LogP contribution in [-0.2, 0) is 6.54 Å². The van der Waals surface area contributed by atoms with Crippen LogP contribution < -0.4 is 5.73 Å². The third-order valence-electron chi connectivity index (χ3n) is 7.78. The molecule has 0 saturated heterocycles. The summed E-state index contributed by atoms with van der Waals surface area (Å²) < 4.78 is 2.10. The largest absolute Gasteiger partial charge is 0.389 e. The predicted octanol–water partition coefficient (Wildman–Crippen LogP) is 2.75. The molecule has 2 aromatic rings. The Hall–Kier alpha value is -2.13. The molecule has 6 heteroatoms. The number of hydrogen-bond donors (Lipinski definition) is 2. The van der Waals surface area contributed by atoms with Crippen LogP contribution in [-0.4, -0.2) is 30.2 Å². The SMILES string of the molecule is Nc1nc(C#CC2C3CC4CC(C3)CC2(O)C4)nc2c1ncn2CC1CCC1. The summed E-state index contributed by atoms with van der Waals surface area (Å²) in [5.41, 5.74) is 7.00. The maximum Gasteiger partial charge on any atom is 0.208 e. The third-order valence-corrected chi connectivity index (χ3v) is 7.78. The molecule has 3 N–H and O–H groups in total. The van der Waals surface area contributed by atoms with Crippen molar-refractivity contribution in [2.24, 2.45) is 29.6 Å². The molecule has 3 atom stereocenters. The molecule has 0 spiro atoms. The lowest BCUT2D eigenvalue weighted by atomic mass is 9.50. The maximum absolute atomic E-state index is 11.2. The molecular weight excluding hydrogens is 350 g/mol. The number of aromatic nitrogens is 4. The summed E-state index contributed by atoms with van der Waals surface area (Å²) in [6.07, 6.45) is 11.3. The molecule has 4 bridgehead atoms. The van der Waals surface area contributed by atoms with Gasteiger partial charge in [-0.2, -0.15) is 0 Å². The highest BCUT2D eigenvalue weighted by atomic mass is 16.3. The molecule has 3 unspecified atom stereocenters. The van der Waals surface area contributed by atoms with Gasteiger partial charge in [0.05, 0.1) is 17.8 Å². The first-order valence-electron chi connectivity index (χ1n) is 10.8. The van der Waals surface area contributed by atoms with E-state index in [4.69, 9.17) is 5.73 Å². The Morgan fingerprint density at radius 2 is 1.96 bits per heavy atom. The van der Waals surface area contributed by atoms with Crippen LogP contribution in [0.15, 0.2) is 6.33 Å². The van der Waals surface area contributed by atoms with E-state index in [9.17, 15) is 5.11 Å². The summed E-state index contributed by atoms with van der Waals surface area (Å²) in [5, 5.41) is 11.2. The third kappa shape index (κ3) is 2.56. The van der Waals surface area contributed by atoms with Gasteiger partial charge in [-0.1, -0.05) is 12.3 Å². The average molecular weight is 377 g/mol. The van der Waals surface area contributed by atoms with E-state index in [1.807, 2.05) is 6.33 Å². The van der Waals surface area contributed by atoms with Crippen LogP contribution >= 0.6 is 0 Å². The first kappa shape index (κ1) is 16.8. The van der Waals surface area contributed by atoms with E-state index >= 15 is 0 Å². The van der Waals surface area contributed by atoms with Gasteiger partial charge in [0, 0.05) is 6.54 Å². The number of nitrogen functional groups attached to an aromatic ring is 1. The second-order valence-electron chi connectivity index (χ2n) is 9.76. The molecule has 5 aliphatic rings. The molecular formula is C22H27N5O. The quantitative estimate of drug-likeness (QED) is 0.786. The van der Waals surface area contributed by atoms with Gasteiger partial charge in [0.1, 0.15) is 5.52 Å². The van der Waals surface area contributed by atoms with Crippen LogP contribution in [0.1, 0.15) is 57.2 Å². The van der Waals surface area contributed by atoms with Crippen molar-refractivity contribution in [2.75, 3.05) is 5.73 Å². The summed E-state index contributed by atoms with van der Waals surface area (Å²) in [4.78, 5) is 13.5. The molecule has 7 rings (SSSR count). The number of rotatable bonds is 2. The fourth-order valence-corrected chi connectivity index (χ4v) is 6.50. The van der Waals surface area contributed by atoms with Crippen molar-refractivity contribution in [3.05, 3.63) is 12.2 Å². The number of nitrogens with two attached hydrogens (primary N) is 1. The van der Waals surface area contributed by atoms with Crippen molar-refractivity contribution < 1.29 is 5.11 Å². The summed E-state index contributed by atoms with van der Waals surface area (Å²) in [6, 6.07) is 0.